The van der Waals surface area contributed by atoms with Crippen LogP contribution in [0.2, 0.25) is 0 Å². The number of hydrogen-bond donors (Lipinski definition) is 1. The summed E-state index contributed by atoms with van der Waals surface area (Å²) in [7, 11) is -2.52. The van der Waals surface area contributed by atoms with E-state index in [9.17, 15) is 8.96 Å². The fraction of sp³-hybridized carbons (Fsp3) is 0.188. The highest BCUT2D eigenvalue weighted by atomic mass is 31.1. The normalized spacial score (nSPS) is 20.6. The minimum absolute atomic E-state index is 0.186. The van der Waals surface area contributed by atoms with Gasteiger partial charge in [0.05, 0.1) is 6.33 Å². The average molecular weight is 391 g/mol. The minimum atomic E-state index is -2.52. The second-order valence-electron chi connectivity index (χ2n) is 5.59. The van der Waals surface area contributed by atoms with Gasteiger partial charge in [-0.05, 0) is 12.1 Å². The van der Waals surface area contributed by atoms with Gasteiger partial charge in [-0.1, -0.05) is 18.2 Å². The van der Waals surface area contributed by atoms with Crippen LogP contribution in [-0.2, 0) is 14.0 Å². The third-order valence-corrected chi connectivity index (χ3v) is 4.64. The molecular weight excluding hydrogens is 376 g/mol. The largest absolute Gasteiger partial charge is 0.443 e. The molecule has 0 spiro atoms. The molecule has 0 aliphatic carbocycles. The number of nitrogen functional groups attached to an aromatic ring is 1. The van der Waals surface area contributed by atoms with Crippen LogP contribution >= 0.6 is 8.03 Å². The highest BCUT2D eigenvalue weighted by Crippen LogP contribution is 2.34. The van der Waals surface area contributed by atoms with Crippen molar-refractivity contribution in [3.63, 3.8) is 0 Å². The number of rotatable bonds is 6. The maximum absolute atomic E-state index is 14.3. The molecule has 3 heterocycles. The lowest BCUT2D eigenvalue weighted by atomic mass is 10.3. The molecule has 2 aromatic heterocycles. The Labute approximate surface area is 153 Å². The van der Waals surface area contributed by atoms with Crippen molar-refractivity contribution in [1.29, 1.82) is 0 Å². The Hall–Kier alpha value is -2.81. The van der Waals surface area contributed by atoms with E-state index in [1.54, 1.807) is 24.3 Å². The van der Waals surface area contributed by atoms with Gasteiger partial charge < -0.3 is 19.7 Å². The van der Waals surface area contributed by atoms with Gasteiger partial charge in [0.2, 0.25) is 0 Å². The summed E-state index contributed by atoms with van der Waals surface area (Å²) in [5.41, 5.74) is 6.41. The van der Waals surface area contributed by atoms with Crippen molar-refractivity contribution in [2.45, 2.75) is 12.5 Å². The first kappa shape index (κ1) is 17.6. The summed E-state index contributed by atoms with van der Waals surface area (Å²) >= 11 is 0. The van der Waals surface area contributed by atoms with E-state index in [2.05, 4.69) is 15.0 Å². The number of ether oxygens (including phenoxy) is 2. The molecule has 2 N–H and O–H groups in total. The van der Waals surface area contributed by atoms with Gasteiger partial charge in [0, 0.05) is 6.08 Å². The minimum Gasteiger partial charge on any atom is -0.443 e. The molecule has 1 aromatic carbocycles. The van der Waals surface area contributed by atoms with Crippen molar-refractivity contribution >= 4 is 25.0 Å². The topological polar surface area (TPSA) is 114 Å². The predicted molar refractivity (Wildman–Crippen MR) is 94.9 cm³/mol. The summed E-state index contributed by atoms with van der Waals surface area (Å²) in [6.45, 7) is 0. The summed E-state index contributed by atoms with van der Waals surface area (Å²) in [4.78, 5) is 12.0. The van der Waals surface area contributed by atoms with Gasteiger partial charge in [-0.15, -0.1) is 0 Å². The van der Waals surface area contributed by atoms with Crippen LogP contribution in [0.5, 0.6) is 5.75 Å². The third kappa shape index (κ3) is 3.68. The van der Waals surface area contributed by atoms with Crippen molar-refractivity contribution < 1.29 is 23.0 Å². The predicted octanol–water partition coefficient (Wildman–Crippen LogP) is 2.64. The highest BCUT2D eigenvalue weighted by Gasteiger charge is 2.31. The molecule has 0 fully saturated rings. The summed E-state index contributed by atoms with van der Waals surface area (Å²) in [5, 5.41) is 0. The quantitative estimate of drug-likeness (QED) is 0.638. The number of halogens is 1. The molecule has 1 aliphatic rings. The number of fused-ring (bicyclic) bond motifs is 1. The zero-order chi connectivity index (χ0) is 18.8. The first-order chi connectivity index (χ1) is 13.1. The number of nitrogens with zero attached hydrogens (tertiary/aromatic N) is 4. The van der Waals surface area contributed by atoms with Gasteiger partial charge in [-0.2, -0.15) is 0 Å². The molecule has 9 nitrogen and oxygen atoms in total. The van der Waals surface area contributed by atoms with Crippen LogP contribution in [0.4, 0.5) is 10.2 Å². The lowest BCUT2D eigenvalue weighted by Crippen LogP contribution is -2.16. The van der Waals surface area contributed by atoms with Gasteiger partial charge in [0.25, 0.3) is 8.03 Å². The molecule has 0 saturated carbocycles. The number of hydrogen-bond acceptors (Lipinski definition) is 8. The average Bonchev–Trinajstić information content (AvgIpc) is 3.25. The maximum Gasteiger partial charge on any atom is 0.261 e. The van der Waals surface area contributed by atoms with Crippen molar-refractivity contribution in [3.05, 3.63) is 54.9 Å². The standard InChI is InChI=1S/C16H15FN5O4P/c17-11-6-12(24-9-27(23)26-10-4-2-1-3-5-10)25-16(11)22-8-21-13-14(18)19-7-20-15(13)22/h1-8,12,16,27H,9H2,(H2,18,19,20)/t12-,16?/m0/s1. The number of para-hydroxylation sites is 1. The molecule has 1 aliphatic heterocycles. The van der Waals surface area contributed by atoms with Crippen molar-refractivity contribution in [3.8, 4) is 5.75 Å². The molecule has 0 radical (unpaired) electrons. The lowest BCUT2D eigenvalue weighted by molar-refractivity contribution is -0.128. The monoisotopic (exact) mass is 391 g/mol. The second kappa shape index (κ2) is 7.43. The summed E-state index contributed by atoms with van der Waals surface area (Å²) in [6, 6.07) is 8.71. The van der Waals surface area contributed by atoms with E-state index >= 15 is 0 Å². The Morgan fingerprint density at radius 2 is 2.07 bits per heavy atom. The Kier molecular flexibility index (Phi) is 4.85. The van der Waals surface area contributed by atoms with Crippen LogP contribution in [0.1, 0.15) is 6.23 Å². The van der Waals surface area contributed by atoms with Gasteiger partial charge in [0.1, 0.15) is 23.9 Å². The molecule has 11 heteroatoms. The van der Waals surface area contributed by atoms with Gasteiger partial charge in [0.15, 0.2) is 29.8 Å². The van der Waals surface area contributed by atoms with E-state index in [0.717, 1.165) is 6.08 Å². The Morgan fingerprint density at radius 1 is 1.26 bits per heavy atom. The number of aromatic nitrogens is 4. The molecule has 3 aromatic rings. The molecule has 27 heavy (non-hydrogen) atoms. The van der Waals surface area contributed by atoms with Gasteiger partial charge in [-0.3, -0.25) is 9.13 Å². The van der Waals surface area contributed by atoms with E-state index in [1.165, 1.54) is 17.2 Å². The van der Waals surface area contributed by atoms with Gasteiger partial charge >= 0.3 is 0 Å². The van der Waals surface area contributed by atoms with E-state index in [-0.39, 0.29) is 12.2 Å². The molecule has 0 bridgehead atoms. The van der Waals surface area contributed by atoms with E-state index < -0.39 is 26.4 Å². The first-order valence-electron chi connectivity index (χ1n) is 7.95. The van der Waals surface area contributed by atoms with Crippen LogP contribution in [0.25, 0.3) is 11.2 Å². The Morgan fingerprint density at radius 3 is 2.89 bits per heavy atom. The van der Waals surface area contributed by atoms with Crippen LogP contribution in [-0.4, -0.2) is 32.2 Å². The highest BCUT2D eigenvalue weighted by molar-refractivity contribution is 7.39. The number of anilines is 1. The zero-order valence-corrected chi connectivity index (χ0v) is 14.9. The smallest absolute Gasteiger partial charge is 0.261 e. The first-order valence-corrected chi connectivity index (χ1v) is 9.47. The third-order valence-electron chi connectivity index (χ3n) is 3.77. The summed E-state index contributed by atoms with van der Waals surface area (Å²) in [6.07, 6.45) is 1.43. The number of nitrogens with two attached hydrogens (primary N) is 1. The molecule has 0 saturated heterocycles. The SMILES string of the molecule is Nc1ncnc2c1ncn2C1O[C@H](OC[PH](=O)Oc2ccccc2)C=C1F. The second-order valence-corrected chi connectivity index (χ2v) is 6.83. The van der Waals surface area contributed by atoms with E-state index in [1.807, 2.05) is 6.07 Å². The fourth-order valence-electron chi connectivity index (χ4n) is 2.57. The molecule has 4 rings (SSSR count). The van der Waals surface area contributed by atoms with Gasteiger partial charge in [-0.25, -0.2) is 19.3 Å². The number of benzene rings is 1. The maximum atomic E-state index is 14.3. The molecule has 140 valence electrons. The van der Waals surface area contributed by atoms with Crippen LogP contribution in [0.3, 0.4) is 0 Å². The van der Waals surface area contributed by atoms with Crippen LogP contribution in [0, 0.1) is 0 Å². The summed E-state index contributed by atoms with van der Waals surface area (Å²) in [5.74, 6) is 0.0739. The molecule has 3 atom stereocenters. The van der Waals surface area contributed by atoms with Crippen molar-refractivity contribution in [2.75, 3.05) is 12.1 Å². The summed E-state index contributed by atoms with van der Waals surface area (Å²) < 4.78 is 43.9. The Bertz CT molecular complexity index is 1010. The molecule has 2 unspecified atom stereocenters. The molecular formula is C16H15FN5O4P. The fourth-order valence-corrected chi connectivity index (χ4v) is 3.33. The molecule has 0 amide bonds. The Balaban J connectivity index is 1.40. The van der Waals surface area contributed by atoms with Crippen LogP contribution < -0.4 is 10.3 Å². The van der Waals surface area contributed by atoms with E-state index in [0.29, 0.717) is 16.9 Å². The van der Waals surface area contributed by atoms with Crippen molar-refractivity contribution in [2.24, 2.45) is 0 Å². The zero-order valence-electron chi connectivity index (χ0n) is 13.9. The van der Waals surface area contributed by atoms with Crippen molar-refractivity contribution in [1.82, 2.24) is 19.5 Å². The van der Waals surface area contributed by atoms with E-state index in [4.69, 9.17) is 19.7 Å². The number of imidazole rings is 1. The lowest BCUT2D eigenvalue weighted by Gasteiger charge is -2.16. The van der Waals surface area contributed by atoms with Crippen LogP contribution in [0.15, 0.2) is 54.9 Å².